The smallest absolute Gasteiger partial charge is 0.243 e. The summed E-state index contributed by atoms with van der Waals surface area (Å²) in [5, 5.41) is 0. The molecule has 1 rings (SSSR count). The molecule has 0 amide bonds. The predicted molar refractivity (Wildman–Crippen MR) is 84.5 cm³/mol. The van der Waals surface area contributed by atoms with E-state index < -0.39 is 10.0 Å². The molecule has 0 aliphatic heterocycles. The molecule has 0 fully saturated rings. The van der Waals surface area contributed by atoms with E-state index in [1.165, 1.54) is 0 Å². The van der Waals surface area contributed by atoms with Crippen LogP contribution in [-0.4, -0.2) is 39.0 Å². The molecule has 0 bridgehead atoms. The Morgan fingerprint density at radius 2 is 1.86 bits per heavy atom. The van der Waals surface area contributed by atoms with Gasteiger partial charge in [0.2, 0.25) is 10.0 Å². The fraction of sp³-hybridized carbons (Fsp3) is 0.600. The first-order valence-corrected chi connectivity index (χ1v) is 8.75. The number of sulfonamides is 1. The van der Waals surface area contributed by atoms with Crippen molar-refractivity contribution in [3.05, 3.63) is 29.8 Å². The maximum absolute atomic E-state index is 13.0. The van der Waals surface area contributed by atoms with Gasteiger partial charge in [-0.15, -0.1) is 0 Å². The monoisotopic (exact) mass is 314 g/mol. The molecular formula is C15H26N2O3S. The second-order valence-corrected chi connectivity index (χ2v) is 6.75. The summed E-state index contributed by atoms with van der Waals surface area (Å²) >= 11 is 0. The van der Waals surface area contributed by atoms with Gasteiger partial charge in [-0.3, -0.25) is 0 Å². The minimum atomic E-state index is -3.57. The predicted octanol–water partition coefficient (Wildman–Crippen LogP) is 1.97. The van der Waals surface area contributed by atoms with Gasteiger partial charge in [0, 0.05) is 26.2 Å². The highest BCUT2D eigenvalue weighted by molar-refractivity contribution is 7.89. The summed E-state index contributed by atoms with van der Waals surface area (Å²) in [4.78, 5) is 0.301. The first kappa shape index (κ1) is 18.1. The van der Waals surface area contributed by atoms with Gasteiger partial charge in [-0.1, -0.05) is 32.0 Å². The summed E-state index contributed by atoms with van der Waals surface area (Å²) in [6.45, 7) is 4.93. The highest BCUT2D eigenvalue weighted by Gasteiger charge is 2.30. The lowest BCUT2D eigenvalue weighted by molar-refractivity contribution is 0.163. The summed E-state index contributed by atoms with van der Waals surface area (Å²) in [6, 6.07) is 6.88. The van der Waals surface area contributed by atoms with Crippen LogP contribution in [-0.2, 0) is 21.3 Å². The second kappa shape index (κ2) is 8.48. The topological polar surface area (TPSA) is 72.6 Å². The number of methoxy groups -OCH3 is 1. The molecule has 1 aromatic carbocycles. The van der Waals surface area contributed by atoms with Crippen molar-refractivity contribution in [2.24, 2.45) is 5.73 Å². The lowest BCUT2D eigenvalue weighted by Crippen LogP contribution is -2.42. The van der Waals surface area contributed by atoms with Crippen LogP contribution in [0.1, 0.15) is 32.3 Å². The van der Waals surface area contributed by atoms with Gasteiger partial charge in [-0.2, -0.15) is 4.31 Å². The third-order valence-corrected chi connectivity index (χ3v) is 5.70. The van der Waals surface area contributed by atoms with Crippen molar-refractivity contribution in [2.75, 3.05) is 20.3 Å². The van der Waals surface area contributed by atoms with Crippen LogP contribution in [0.15, 0.2) is 29.2 Å². The van der Waals surface area contributed by atoms with Gasteiger partial charge in [0.1, 0.15) is 0 Å². The van der Waals surface area contributed by atoms with E-state index in [-0.39, 0.29) is 12.6 Å². The summed E-state index contributed by atoms with van der Waals surface area (Å²) in [7, 11) is -1.99. The van der Waals surface area contributed by atoms with Crippen LogP contribution >= 0.6 is 0 Å². The Morgan fingerprint density at radius 1 is 1.24 bits per heavy atom. The first-order valence-electron chi connectivity index (χ1n) is 7.31. The van der Waals surface area contributed by atoms with Gasteiger partial charge in [0.05, 0.1) is 11.5 Å². The van der Waals surface area contributed by atoms with Crippen molar-refractivity contribution in [2.45, 2.75) is 44.2 Å². The number of rotatable bonds is 9. The molecule has 0 unspecified atom stereocenters. The molecule has 0 radical (unpaired) electrons. The standard InChI is InChI=1S/C15H26N2O3S/c1-4-14(5-2)17(10-11-20-3)21(18,19)15-9-7-6-8-13(15)12-16/h6-9,14H,4-5,10-12,16H2,1-3H3. The van der Waals surface area contributed by atoms with E-state index in [2.05, 4.69) is 0 Å². The normalized spacial score (nSPS) is 12.3. The van der Waals surface area contributed by atoms with E-state index in [0.717, 1.165) is 12.8 Å². The van der Waals surface area contributed by atoms with Crippen LogP contribution in [0, 0.1) is 0 Å². The SMILES string of the molecule is CCC(CC)N(CCOC)S(=O)(=O)c1ccccc1CN. The largest absolute Gasteiger partial charge is 0.383 e. The van der Waals surface area contributed by atoms with Crippen LogP contribution in [0.3, 0.4) is 0 Å². The van der Waals surface area contributed by atoms with Gasteiger partial charge in [0.25, 0.3) is 0 Å². The van der Waals surface area contributed by atoms with Gasteiger partial charge in [-0.05, 0) is 24.5 Å². The molecule has 0 spiro atoms. The van der Waals surface area contributed by atoms with Crippen molar-refractivity contribution in [1.29, 1.82) is 0 Å². The number of nitrogens with two attached hydrogens (primary N) is 1. The van der Waals surface area contributed by atoms with Gasteiger partial charge in [0.15, 0.2) is 0 Å². The highest BCUT2D eigenvalue weighted by Crippen LogP contribution is 2.24. The lowest BCUT2D eigenvalue weighted by Gasteiger charge is -2.30. The van der Waals surface area contributed by atoms with Crippen LogP contribution in [0.5, 0.6) is 0 Å². The highest BCUT2D eigenvalue weighted by atomic mass is 32.2. The second-order valence-electron chi connectivity index (χ2n) is 4.89. The summed E-state index contributed by atoms with van der Waals surface area (Å²) in [6.07, 6.45) is 1.54. The lowest BCUT2D eigenvalue weighted by atomic mass is 10.2. The van der Waals surface area contributed by atoms with Crippen LogP contribution < -0.4 is 5.73 Å². The molecule has 1 aromatic rings. The molecule has 0 saturated heterocycles. The zero-order chi connectivity index (χ0) is 15.9. The van der Waals surface area contributed by atoms with E-state index in [9.17, 15) is 8.42 Å². The van der Waals surface area contributed by atoms with Crippen molar-refractivity contribution < 1.29 is 13.2 Å². The summed E-state index contributed by atoms with van der Waals surface area (Å²) in [5.41, 5.74) is 6.33. The molecule has 0 saturated carbocycles. The molecule has 0 heterocycles. The van der Waals surface area contributed by atoms with E-state index in [4.69, 9.17) is 10.5 Å². The number of hydrogen-bond donors (Lipinski definition) is 1. The molecule has 120 valence electrons. The van der Waals surface area contributed by atoms with Gasteiger partial charge >= 0.3 is 0 Å². The zero-order valence-electron chi connectivity index (χ0n) is 13.1. The Labute approximate surface area is 128 Å². The van der Waals surface area contributed by atoms with Crippen LogP contribution in [0.4, 0.5) is 0 Å². The number of hydrogen-bond acceptors (Lipinski definition) is 4. The molecule has 21 heavy (non-hydrogen) atoms. The Bertz CT molecular complexity index is 527. The molecule has 0 atom stereocenters. The molecular weight excluding hydrogens is 288 g/mol. The fourth-order valence-electron chi connectivity index (χ4n) is 2.43. The Balaban J connectivity index is 3.25. The quantitative estimate of drug-likeness (QED) is 0.756. The van der Waals surface area contributed by atoms with Crippen molar-refractivity contribution in [3.63, 3.8) is 0 Å². The number of ether oxygens (including phenoxy) is 1. The summed E-state index contributed by atoms with van der Waals surface area (Å²) in [5.74, 6) is 0. The minimum absolute atomic E-state index is 0.0315. The van der Waals surface area contributed by atoms with E-state index in [1.54, 1.807) is 35.7 Å². The van der Waals surface area contributed by atoms with E-state index in [0.29, 0.717) is 23.6 Å². The van der Waals surface area contributed by atoms with E-state index in [1.807, 2.05) is 13.8 Å². The summed E-state index contributed by atoms with van der Waals surface area (Å²) < 4.78 is 32.6. The molecule has 6 heteroatoms. The molecule has 2 N–H and O–H groups in total. The van der Waals surface area contributed by atoms with Crippen LogP contribution in [0.25, 0.3) is 0 Å². The minimum Gasteiger partial charge on any atom is -0.383 e. The molecule has 5 nitrogen and oxygen atoms in total. The first-order chi connectivity index (χ1) is 10.0. The third kappa shape index (κ3) is 4.26. The molecule has 0 aliphatic carbocycles. The van der Waals surface area contributed by atoms with Crippen molar-refractivity contribution in [1.82, 2.24) is 4.31 Å². The third-order valence-electron chi connectivity index (χ3n) is 3.64. The number of nitrogens with zero attached hydrogens (tertiary/aromatic N) is 1. The fourth-order valence-corrected chi connectivity index (χ4v) is 4.42. The Morgan fingerprint density at radius 3 is 2.38 bits per heavy atom. The average Bonchev–Trinajstić information content (AvgIpc) is 2.51. The Hall–Kier alpha value is -0.950. The van der Waals surface area contributed by atoms with Gasteiger partial charge in [-0.25, -0.2) is 8.42 Å². The van der Waals surface area contributed by atoms with E-state index >= 15 is 0 Å². The Kier molecular flexibility index (Phi) is 7.31. The average molecular weight is 314 g/mol. The van der Waals surface area contributed by atoms with Gasteiger partial charge < -0.3 is 10.5 Å². The maximum atomic E-state index is 13.0. The van der Waals surface area contributed by atoms with Crippen LogP contribution in [0.2, 0.25) is 0 Å². The van der Waals surface area contributed by atoms with Crippen molar-refractivity contribution in [3.8, 4) is 0 Å². The number of benzene rings is 1. The zero-order valence-corrected chi connectivity index (χ0v) is 13.9. The molecule has 0 aromatic heterocycles. The molecule has 0 aliphatic rings. The van der Waals surface area contributed by atoms with Crippen molar-refractivity contribution >= 4 is 10.0 Å². The maximum Gasteiger partial charge on any atom is 0.243 e.